The summed E-state index contributed by atoms with van der Waals surface area (Å²) in [6, 6.07) is 7.15. The third kappa shape index (κ3) is 4.66. The van der Waals surface area contributed by atoms with Gasteiger partial charge in [-0.15, -0.1) is 0 Å². The lowest BCUT2D eigenvalue weighted by Crippen LogP contribution is -2.47. The van der Waals surface area contributed by atoms with Crippen LogP contribution >= 0.6 is 15.0 Å². The molecule has 4 N–H and O–H groups in total. The Bertz CT molecular complexity index is 898. The molecule has 1 aromatic heterocycles. The zero-order chi connectivity index (χ0) is 20.7. The summed E-state index contributed by atoms with van der Waals surface area (Å²) in [7, 11) is -10.0. The summed E-state index contributed by atoms with van der Waals surface area (Å²) in [6.07, 6.45) is -1.90. The Hall–Kier alpha value is -1.54. The van der Waals surface area contributed by atoms with Crippen molar-refractivity contribution >= 4 is 15.0 Å². The molecule has 2 unspecified atom stereocenters. The molecule has 0 bridgehead atoms. The first-order valence-corrected chi connectivity index (χ1v) is 11.1. The third-order valence-corrected chi connectivity index (χ3v) is 8.37. The summed E-state index contributed by atoms with van der Waals surface area (Å²) in [6.45, 7) is -0.262. The number of pyridine rings is 1. The van der Waals surface area contributed by atoms with Crippen LogP contribution in [0.3, 0.4) is 0 Å². The molecule has 148 valence electrons. The van der Waals surface area contributed by atoms with Crippen LogP contribution in [0.2, 0.25) is 0 Å². The Kier molecular flexibility index (Phi) is 5.74. The van der Waals surface area contributed by atoms with E-state index in [1.807, 2.05) is 0 Å². The summed E-state index contributed by atoms with van der Waals surface area (Å²) < 4.78 is 62.5. The Morgan fingerprint density at radius 2 is 1.56 bits per heavy atom. The molecule has 2 rings (SSSR count). The van der Waals surface area contributed by atoms with Crippen LogP contribution in [-0.4, -0.2) is 31.5 Å². The van der Waals surface area contributed by atoms with Crippen LogP contribution in [-0.2, 0) is 21.9 Å². The monoisotopic (exact) mass is 426 g/mol. The smallest absolute Gasteiger partial charge is 0.365 e. The molecule has 0 amide bonds. The molecule has 0 saturated heterocycles. The predicted octanol–water partition coefficient (Wildman–Crippen LogP) is 2.38. The van der Waals surface area contributed by atoms with Gasteiger partial charge in [0.2, 0.25) is 7.37 Å². The van der Waals surface area contributed by atoms with Crippen LogP contribution in [0, 0.1) is 0 Å². The first kappa shape index (κ1) is 21.8. The maximum absolute atomic E-state index is 12.6. The minimum Gasteiger partial charge on any atom is -0.365 e. The van der Waals surface area contributed by atoms with Crippen molar-refractivity contribution in [3.63, 3.8) is 0 Å². The van der Waals surface area contributed by atoms with E-state index in [4.69, 9.17) is 0 Å². The van der Waals surface area contributed by atoms with Gasteiger partial charge in [-0.1, -0.05) is 12.1 Å². The number of aromatic nitrogens is 1. The van der Waals surface area contributed by atoms with E-state index in [0.717, 1.165) is 16.7 Å². The van der Waals surface area contributed by atoms with Crippen LogP contribution in [0.1, 0.15) is 5.56 Å². The second-order valence-electron chi connectivity index (χ2n) is 6.04. The maximum Gasteiger partial charge on any atom is 0.416 e. The van der Waals surface area contributed by atoms with Crippen LogP contribution in [0.5, 0.6) is 0 Å². The molecule has 27 heavy (non-hydrogen) atoms. The minimum atomic E-state index is -5.39. The maximum atomic E-state index is 12.6. The van der Waals surface area contributed by atoms with Crippen molar-refractivity contribution in [2.75, 3.05) is 6.66 Å². The number of hydrogen-bond acceptors (Lipinski definition) is 3. The standard InChI is InChI=1S/C15H16F3NO6P2/c1-26(21,22)14(20,27(23,24)25)10-19-8-2-3-12(9-19)11-4-6-13(7-5-11)15(16,17)18/h2-9,20H,10H2,1H3,(H2-,21,22,23,24,25)/p+1. The topological polar surface area (TPSA) is 119 Å². The lowest BCUT2D eigenvalue weighted by molar-refractivity contribution is -0.702. The second kappa shape index (κ2) is 7.13. The van der Waals surface area contributed by atoms with Gasteiger partial charge in [0.1, 0.15) is 0 Å². The summed E-state index contributed by atoms with van der Waals surface area (Å²) in [5.41, 5.74) is -0.0814. The Labute approximate surface area is 152 Å². The second-order valence-corrected chi connectivity index (χ2v) is 10.7. The van der Waals surface area contributed by atoms with Crippen molar-refractivity contribution in [2.24, 2.45) is 0 Å². The molecular formula is C15H17F3NO6P2+. The van der Waals surface area contributed by atoms with E-state index in [-0.39, 0.29) is 0 Å². The molecule has 0 radical (unpaired) electrons. The van der Waals surface area contributed by atoms with E-state index in [9.17, 15) is 42.1 Å². The van der Waals surface area contributed by atoms with Gasteiger partial charge in [0, 0.05) is 18.3 Å². The SMILES string of the molecule is CP(=O)(O)C(O)(C[n+]1cccc(-c2ccc(C(F)(F)F)cc2)c1)P(=O)(O)O. The lowest BCUT2D eigenvalue weighted by atomic mass is 10.1. The van der Waals surface area contributed by atoms with Gasteiger partial charge < -0.3 is 19.8 Å². The van der Waals surface area contributed by atoms with E-state index < -0.39 is 38.3 Å². The van der Waals surface area contributed by atoms with E-state index >= 15 is 0 Å². The van der Waals surface area contributed by atoms with Gasteiger partial charge >= 0.3 is 18.9 Å². The fourth-order valence-corrected chi connectivity index (χ4v) is 5.06. The highest BCUT2D eigenvalue weighted by Gasteiger charge is 2.60. The van der Waals surface area contributed by atoms with Crippen LogP contribution in [0.4, 0.5) is 13.2 Å². The molecule has 1 heterocycles. The molecule has 12 heteroatoms. The summed E-state index contributed by atoms with van der Waals surface area (Å²) in [5, 5.41) is 7.00. The molecule has 0 spiro atoms. The largest absolute Gasteiger partial charge is 0.416 e. The zero-order valence-electron chi connectivity index (χ0n) is 13.9. The van der Waals surface area contributed by atoms with Crippen molar-refractivity contribution < 1.29 is 46.7 Å². The number of rotatable bonds is 5. The average Bonchev–Trinajstić information content (AvgIpc) is 2.52. The first-order valence-electron chi connectivity index (χ1n) is 7.40. The summed E-state index contributed by atoms with van der Waals surface area (Å²) >= 11 is 0. The molecule has 0 aliphatic heterocycles. The highest BCUT2D eigenvalue weighted by Crippen LogP contribution is 2.67. The molecule has 2 atom stereocenters. The molecular weight excluding hydrogens is 409 g/mol. The van der Waals surface area contributed by atoms with Crippen molar-refractivity contribution in [3.8, 4) is 11.1 Å². The first-order chi connectivity index (χ1) is 12.1. The van der Waals surface area contributed by atoms with Crippen molar-refractivity contribution in [3.05, 3.63) is 54.4 Å². The molecule has 0 aliphatic carbocycles. The zero-order valence-corrected chi connectivity index (χ0v) is 15.7. The number of alkyl halides is 3. The molecule has 0 saturated carbocycles. The van der Waals surface area contributed by atoms with Crippen LogP contribution in [0.25, 0.3) is 11.1 Å². The summed E-state index contributed by atoms with van der Waals surface area (Å²) in [4.78, 5) is 28.3. The van der Waals surface area contributed by atoms with Gasteiger partial charge in [0.15, 0.2) is 18.9 Å². The van der Waals surface area contributed by atoms with E-state index in [1.165, 1.54) is 36.7 Å². The molecule has 2 aromatic rings. The van der Waals surface area contributed by atoms with E-state index in [0.29, 0.717) is 17.8 Å². The minimum absolute atomic E-state index is 0.376. The van der Waals surface area contributed by atoms with E-state index in [1.54, 1.807) is 0 Å². The van der Waals surface area contributed by atoms with Gasteiger partial charge in [-0.25, -0.2) is 4.57 Å². The lowest BCUT2D eigenvalue weighted by Gasteiger charge is -2.27. The fraction of sp³-hybridized carbons (Fsp3) is 0.267. The quantitative estimate of drug-likeness (QED) is 0.431. The van der Waals surface area contributed by atoms with Gasteiger partial charge in [0.25, 0.3) is 0 Å². The molecule has 0 aliphatic rings. The van der Waals surface area contributed by atoms with Crippen molar-refractivity contribution in [1.82, 2.24) is 0 Å². The Morgan fingerprint density at radius 1 is 1.00 bits per heavy atom. The van der Waals surface area contributed by atoms with Gasteiger partial charge in [-0.3, -0.25) is 9.13 Å². The van der Waals surface area contributed by atoms with Crippen LogP contribution < -0.4 is 4.57 Å². The van der Waals surface area contributed by atoms with Gasteiger partial charge in [0.05, 0.1) is 5.56 Å². The van der Waals surface area contributed by atoms with E-state index in [2.05, 4.69) is 0 Å². The fourth-order valence-electron chi connectivity index (χ4n) is 2.35. The third-order valence-electron chi connectivity index (χ3n) is 3.93. The predicted molar refractivity (Wildman–Crippen MR) is 89.8 cm³/mol. The highest BCUT2D eigenvalue weighted by atomic mass is 31.2. The Balaban J connectivity index is 2.41. The van der Waals surface area contributed by atoms with Gasteiger partial charge in [-0.2, -0.15) is 13.2 Å². The summed E-state index contributed by atoms with van der Waals surface area (Å²) in [5.74, 6) is 0. The molecule has 7 nitrogen and oxygen atoms in total. The number of benzene rings is 1. The van der Waals surface area contributed by atoms with Gasteiger partial charge in [-0.05, 0) is 23.8 Å². The van der Waals surface area contributed by atoms with Crippen molar-refractivity contribution in [2.45, 2.75) is 17.8 Å². The van der Waals surface area contributed by atoms with Crippen molar-refractivity contribution in [1.29, 1.82) is 0 Å². The number of aliphatic hydroxyl groups is 1. The number of nitrogens with zero attached hydrogens (tertiary/aromatic N) is 1. The van der Waals surface area contributed by atoms with Crippen LogP contribution in [0.15, 0.2) is 48.8 Å². The number of hydrogen-bond donors (Lipinski definition) is 4. The number of halogens is 3. The highest BCUT2D eigenvalue weighted by molar-refractivity contribution is 7.74. The Morgan fingerprint density at radius 3 is 2.00 bits per heavy atom. The molecule has 1 aromatic carbocycles. The molecule has 0 fully saturated rings. The average molecular weight is 426 g/mol. The normalized spacial score (nSPS) is 17.2.